The van der Waals surface area contributed by atoms with Gasteiger partial charge in [0.15, 0.2) is 5.62 Å². The zero-order chi connectivity index (χ0) is 17.6. The molecule has 0 bridgehead atoms. The highest BCUT2D eigenvalue weighted by molar-refractivity contribution is 8.69. The van der Waals surface area contributed by atoms with Crippen molar-refractivity contribution in [3.63, 3.8) is 0 Å². The van der Waals surface area contributed by atoms with Gasteiger partial charge in [0.2, 0.25) is 11.8 Å². The average molecular weight is 383 g/mol. The molecule has 23 heavy (non-hydrogen) atoms. The molecule has 1 saturated heterocycles. The molecule has 0 saturated carbocycles. The quantitative estimate of drug-likeness (QED) is 0.421. The number of rotatable bonds is 7. The van der Waals surface area contributed by atoms with Crippen LogP contribution in [0, 0.1) is 0 Å². The van der Waals surface area contributed by atoms with Gasteiger partial charge in [-0.3, -0.25) is 9.59 Å². The number of carbonyl (C=O) groups excluding carboxylic acids is 3. The Hall–Kier alpha value is -0.670. The molecule has 1 aliphatic heterocycles. The molecular weight excluding hydrogens is 361 g/mol. The smallest absolute Gasteiger partial charge is 0.328 e. The van der Waals surface area contributed by atoms with Crippen LogP contribution in [0.15, 0.2) is 0 Å². The zero-order valence-electron chi connectivity index (χ0n) is 13.5. The van der Waals surface area contributed by atoms with Crippen LogP contribution in [0.25, 0.3) is 0 Å². The summed E-state index contributed by atoms with van der Waals surface area (Å²) >= 11 is 6.87. The van der Waals surface area contributed by atoms with Gasteiger partial charge in [-0.05, 0) is 32.6 Å². The number of methoxy groups -OCH3 is 1. The molecule has 1 rings (SSSR count). The molecule has 8 nitrogen and oxygen atoms in total. The summed E-state index contributed by atoms with van der Waals surface area (Å²) in [4.78, 5) is 35.3. The van der Waals surface area contributed by atoms with E-state index in [1.54, 1.807) is 6.92 Å². The molecule has 0 aliphatic carbocycles. The van der Waals surface area contributed by atoms with Gasteiger partial charge in [-0.2, -0.15) is 0 Å². The Morgan fingerprint density at radius 1 is 1.13 bits per heavy atom. The van der Waals surface area contributed by atoms with Gasteiger partial charge in [0, 0.05) is 5.75 Å². The molecule has 0 radical (unpaired) electrons. The number of ether oxygens (including phenoxy) is 1. The average Bonchev–Trinajstić information content (AvgIpc) is 2.92. The second-order valence-corrected chi connectivity index (χ2v) is 11.7. The summed E-state index contributed by atoms with van der Waals surface area (Å²) in [5.74, 6) is -0.584. The van der Waals surface area contributed by atoms with Gasteiger partial charge in [0.05, 0.1) is 19.8 Å². The molecule has 11 heteroatoms. The molecule has 4 unspecified atom stereocenters. The van der Waals surface area contributed by atoms with Crippen LogP contribution in [-0.4, -0.2) is 55.4 Å². The van der Waals surface area contributed by atoms with Gasteiger partial charge in [0.25, 0.3) is 0 Å². The number of hydrogen-bond donors (Lipinski definition) is 3. The van der Waals surface area contributed by atoms with Crippen molar-refractivity contribution in [1.29, 1.82) is 0 Å². The Kier molecular flexibility index (Phi) is 7.96. The molecule has 1 fully saturated rings. The Bertz CT molecular complexity index is 509. The van der Waals surface area contributed by atoms with Crippen molar-refractivity contribution in [2.24, 2.45) is 0 Å². The minimum atomic E-state index is -2.21. The van der Waals surface area contributed by atoms with Crippen LogP contribution in [0.2, 0.25) is 0 Å². The van der Waals surface area contributed by atoms with Crippen molar-refractivity contribution >= 4 is 46.6 Å². The number of amides is 2. The monoisotopic (exact) mass is 383 g/mol. The van der Waals surface area contributed by atoms with Gasteiger partial charge in [-0.15, -0.1) is 0 Å². The van der Waals surface area contributed by atoms with E-state index in [-0.39, 0.29) is 5.91 Å². The lowest BCUT2D eigenvalue weighted by Gasteiger charge is -2.22. The third-order valence-electron chi connectivity index (χ3n) is 3.02. The lowest BCUT2D eigenvalue weighted by atomic mass is 10.2. The highest BCUT2D eigenvalue weighted by Gasteiger charge is 2.30. The van der Waals surface area contributed by atoms with E-state index in [0.717, 1.165) is 5.75 Å². The van der Waals surface area contributed by atoms with Crippen LogP contribution in [0.4, 0.5) is 0 Å². The maximum Gasteiger partial charge on any atom is 0.328 e. The van der Waals surface area contributed by atoms with E-state index in [1.165, 1.54) is 32.3 Å². The van der Waals surface area contributed by atoms with Crippen LogP contribution in [0.1, 0.15) is 20.8 Å². The Labute approximate surface area is 144 Å². The first-order valence-electron chi connectivity index (χ1n) is 7.04. The first kappa shape index (κ1) is 20.4. The molecule has 132 valence electrons. The third kappa shape index (κ3) is 6.39. The first-order valence-corrected chi connectivity index (χ1v) is 11.3. The van der Waals surface area contributed by atoms with Crippen LogP contribution >= 0.6 is 17.0 Å². The van der Waals surface area contributed by atoms with Gasteiger partial charge in [-0.1, -0.05) is 11.4 Å². The van der Waals surface area contributed by atoms with E-state index < -0.39 is 35.6 Å². The van der Waals surface area contributed by atoms with Crippen molar-refractivity contribution < 1.29 is 23.6 Å². The van der Waals surface area contributed by atoms with E-state index in [2.05, 4.69) is 20.5 Å². The second kappa shape index (κ2) is 8.98. The van der Waals surface area contributed by atoms with Crippen molar-refractivity contribution in [3.05, 3.63) is 0 Å². The molecule has 3 N–H and O–H groups in total. The fraction of sp³-hybridized carbons (Fsp3) is 0.750. The van der Waals surface area contributed by atoms with E-state index in [9.17, 15) is 14.4 Å². The fourth-order valence-electron chi connectivity index (χ4n) is 1.70. The number of carbonyl (C=O) groups is 3. The summed E-state index contributed by atoms with van der Waals surface area (Å²) in [6.07, 6.45) is 0. The maximum atomic E-state index is 12.1. The van der Waals surface area contributed by atoms with Crippen LogP contribution in [0.5, 0.6) is 0 Å². The Balaban J connectivity index is 2.47. The second-order valence-electron chi connectivity index (χ2n) is 5.00. The van der Waals surface area contributed by atoms with Crippen molar-refractivity contribution in [3.8, 4) is 0 Å². The minimum absolute atomic E-state index is 0.362. The van der Waals surface area contributed by atoms with E-state index in [1.807, 2.05) is 0 Å². The third-order valence-corrected chi connectivity index (χ3v) is 8.71. The predicted octanol–water partition coefficient (Wildman–Crippen LogP) is 0.135. The van der Waals surface area contributed by atoms with Gasteiger partial charge < -0.3 is 19.9 Å². The van der Waals surface area contributed by atoms with E-state index in [4.69, 9.17) is 16.3 Å². The van der Waals surface area contributed by atoms with Gasteiger partial charge in [0.1, 0.15) is 12.1 Å². The standard InChI is InChI=1S/C12H22N3O5PS2/c1-7(10(16)14-9(3)12(18)19-4)13-11(17)8(2)15-21(22)20-5-6-23-21/h7-9H,5-6H2,1-4H3,(H,13,17)(H,14,16)(H,15,22). The molecule has 0 aromatic heterocycles. The summed E-state index contributed by atoms with van der Waals surface area (Å²) in [5, 5.41) is 8.05. The first-order chi connectivity index (χ1) is 10.7. The molecule has 0 aromatic rings. The van der Waals surface area contributed by atoms with Gasteiger partial charge in [-0.25, -0.2) is 9.88 Å². The van der Waals surface area contributed by atoms with Crippen LogP contribution in [-0.2, 0) is 35.5 Å². The lowest BCUT2D eigenvalue weighted by molar-refractivity contribution is -0.144. The largest absolute Gasteiger partial charge is 0.467 e. The summed E-state index contributed by atoms with van der Waals surface area (Å²) in [5.41, 5.74) is -2.21. The molecule has 1 heterocycles. The highest BCUT2D eigenvalue weighted by atomic mass is 32.9. The molecule has 4 atom stereocenters. The zero-order valence-corrected chi connectivity index (χ0v) is 16.0. The molecule has 0 spiro atoms. The fourth-order valence-corrected chi connectivity index (χ4v) is 6.83. The van der Waals surface area contributed by atoms with Crippen molar-refractivity contribution in [1.82, 2.24) is 15.7 Å². The van der Waals surface area contributed by atoms with E-state index >= 15 is 0 Å². The topological polar surface area (TPSA) is 106 Å². The number of hydrogen-bond acceptors (Lipinski definition) is 7. The van der Waals surface area contributed by atoms with E-state index in [0.29, 0.717) is 6.61 Å². The normalized spacial score (nSPS) is 24.3. The highest BCUT2D eigenvalue weighted by Crippen LogP contribution is 2.60. The molecular formula is C12H22N3O5PS2. The lowest BCUT2D eigenvalue weighted by Crippen LogP contribution is -2.52. The summed E-state index contributed by atoms with van der Waals surface area (Å²) in [6.45, 7) is 5.27. The van der Waals surface area contributed by atoms with Gasteiger partial charge >= 0.3 is 5.97 Å². The molecule has 1 aliphatic rings. The SMILES string of the molecule is COC(=O)C(C)NC(=O)C(C)NC(=O)C(C)NP1(=S)OCCS1. The van der Waals surface area contributed by atoms with Crippen molar-refractivity contribution in [2.75, 3.05) is 19.5 Å². The Morgan fingerprint density at radius 3 is 2.22 bits per heavy atom. The van der Waals surface area contributed by atoms with Crippen LogP contribution in [0.3, 0.4) is 0 Å². The minimum Gasteiger partial charge on any atom is -0.467 e. The molecule has 2 amide bonds. The summed E-state index contributed by atoms with van der Waals surface area (Å²) < 4.78 is 9.99. The number of nitrogens with one attached hydrogen (secondary N) is 3. The predicted molar refractivity (Wildman–Crippen MR) is 92.5 cm³/mol. The number of esters is 1. The molecule has 0 aromatic carbocycles. The van der Waals surface area contributed by atoms with Crippen LogP contribution < -0.4 is 15.7 Å². The maximum absolute atomic E-state index is 12.1. The van der Waals surface area contributed by atoms with Crippen molar-refractivity contribution in [2.45, 2.75) is 38.9 Å². The summed E-state index contributed by atoms with van der Waals surface area (Å²) in [7, 11) is 1.24. The summed E-state index contributed by atoms with van der Waals surface area (Å²) in [6, 6.07) is -2.16. The Morgan fingerprint density at radius 2 is 1.70 bits per heavy atom.